The highest BCUT2D eigenvalue weighted by Crippen LogP contribution is 2.19. The van der Waals surface area contributed by atoms with Gasteiger partial charge in [0.25, 0.3) is 0 Å². The summed E-state index contributed by atoms with van der Waals surface area (Å²) >= 11 is 0. The zero-order valence-electron chi connectivity index (χ0n) is 16.0. The highest BCUT2D eigenvalue weighted by atomic mass is 19.1. The number of hydrogen-bond acceptors (Lipinski definition) is 2. The van der Waals surface area contributed by atoms with E-state index in [1.165, 1.54) is 6.07 Å². The van der Waals surface area contributed by atoms with Gasteiger partial charge in [-0.3, -0.25) is 4.79 Å². The molecule has 2 N–H and O–H groups in total. The number of H-pyrrole nitrogens is 1. The molecular weight excluding hydrogens is 371 g/mol. The van der Waals surface area contributed by atoms with Crippen LogP contribution in [0.15, 0.2) is 54.7 Å². The standard InChI is InChI=1S/C22H23FN4O2/c23-19-7-3-1-5-16(19)14-25-22(29)27-11-9-26(10-12-27)21(28)13-17-15-24-20-8-4-2-6-18(17)20/h1-8,15,24H,9-14H2,(H,25,29). The molecular formula is C22H23FN4O2. The normalized spacial score (nSPS) is 14.2. The zero-order chi connectivity index (χ0) is 20.2. The van der Waals surface area contributed by atoms with Gasteiger partial charge in [-0.15, -0.1) is 0 Å². The largest absolute Gasteiger partial charge is 0.361 e. The first-order chi connectivity index (χ1) is 14.1. The molecule has 0 spiro atoms. The lowest BCUT2D eigenvalue weighted by molar-refractivity contribution is -0.131. The number of benzene rings is 2. The number of piperazine rings is 1. The molecule has 1 aromatic heterocycles. The third-order valence-electron chi connectivity index (χ3n) is 5.32. The molecule has 29 heavy (non-hydrogen) atoms. The summed E-state index contributed by atoms with van der Waals surface area (Å²) in [7, 11) is 0. The first-order valence-corrected chi connectivity index (χ1v) is 9.71. The zero-order valence-corrected chi connectivity index (χ0v) is 16.0. The van der Waals surface area contributed by atoms with Gasteiger partial charge >= 0.3 is 6.03 Å². The summed E-state index contributed by atoms with van der Waals surface area (Å²) in [6, 6.07) is 14.1. The molecule has 1 aliphatic heterocycles. The molecule has 3 amide bonds. The number of fused-ring (bicyclic) bond motifs is 1. The quantitative estimate of drug-likeness (QED) is 0.715. The van der Waals surface area contributed by atoms with Gasteiger partial charge in [0.05, 0.1) is 6.42 Å². The Morgan fingerprint density at radius 2 is 1.62 bits per heavy atom. The summed E-state index contributed by atoms with van der Waals surface area (Å²) in [5.41, 5.74) is 2.45. The van der Waals surface area contributed by atoms with Crippen LogP contribution in [0.3, 0.4) is 0 Å². The number of halogens is 1. The van der Waals surface area contributed by atoms with Crippen LogP contribution in [0.5, 0.6) is 0 Å². The van der Waals surface area contributed by atoms with E-state index in [1.54, 1.807) is 28.0 Å². The van der Waals surface area contributed by atoms with Crippen molar-refractivity contribution < 1.29 is 14.0 Å². The first-order valence-electron chi connectivity index (χ1n) is 9.71. The van der Waals surface area contributed by atoms with Crippen LogP contribution >= 0.6 is 0 Å². The van der Waals surface area contributed by atoms with E-state index in [4.69, 9.17) is 0 Å². The molecule has 6 nitrogen and oxygen atoms in total. The van der Waals surface area contributed by atoms with Crippen LogP contribution in [0.1, 0.15) is 11.1 Å². The number of aromatic amines is 1. The van der Waals surface area contributed by atoms with Crippen molar-refractivity contribution >= 4 is 22.8 Å². The van der Waals surface area contributed by atoms with Gasteiger partial charge in [-0.25, -0.2) is 9.18 Å². The molecule has 0 saturated carbocycles. The second-order valence-corrected chi connectivity index (χ2v) is 7.15. The Labute approximate surface area is 168 Å². The number of nitrogens with zero attached hydrogens (tertiary/aromatic N) is 2. The van der Waals surface area contributed by atoms with Crippen molar-refractivity contribution in [1.29, 1.82) is 0 Å². The van der Waals surface area contributed by atoms with Crippen molar-refractivity contribution in [1.82, 2.24) is 20.1 Å². The number of nitrogens with one attached hydrogen (secondary N) is 2. The Morgan fingerprint density at radius 3 is 2.41 bits per heavy atom. The highest BCUT2D eigenvalue weighted by molar-refractivity contribution is 5.89. The maximum Gasteiger partial charge on any atom is 0.317 e. The molecule has 3 aromatic rings. The fourth-order valence-corrected chi connectivity index (χ4v) is 3.64. The van der Waals surface area contributed by atoms with Crippen molar-refractivity contribution in [3.63, 3.8) is 0 Å². The van der Waals surface area contributed by atoms with Gasteiger partial charge < -0.3 is 20.1 Å². The summed E-state index contributed by atoms with van der Waals surface area (Å²) < 4.78 is 13.7. The summed E-state index contributed by atoms with van der Waals surface area (Å²) in [6.07, 6.45) is 2.22. The number of carbonyl (C=O) groups excluding carboxylic acids is 2. The smallest absolute Gasteiger partial charge is 0.317 e. The molecule has 0 bridgehead atoms. The van der Waals surface area contributed by atoms with E-state index in [2.05, 4.69) is 10.3 Å². The minimum Gasteiger partial charge on any atom is -0.361 e. The molecule has 0 aliphatic carbocycles. The van der Waals surface area contributed by atoms with E-state index in [0.717, 1.165) is 16.5 Å². The Kier molecular flexibility index (Phi) is 5.46. The molecule has 0 radical (unpaired) electrons. The van der Waals surface area contributed by atoms with Crippen molar-refractivity contribution in [3.05, 3.63) is 71.7 Å². The number of rotatable bonds is 4. The second kappa shape index (κ2) is 8.34. The van der Waals surface area contributed by atoms with Gasteiger partial charge in [-0.05, 0) is 17.7 Å². The number of urea groups is 1. The molecule has 2 aromatic carbocycles. The van der Waals surface area contributed by atoms with Crippen LogP contribution in [-0.2, 0) is 17.8 Å². The summed E-state index contributed by atoms with van der Waals surface area (Å²) in [4.78, 5) is 31.7. The highest BCUT2D eigenvalue weighted by Gasteiger charge is 2.24. The van der Waals surface area contributed by atoms with Gasteiger partial charge in [-0.1, -0.05) is 36.4 Å². The van der Waals surface area contributed by atoms with Gasteiger partial charge in [-0.2, -0.15) is 0 Å². The van der Waals surface area contributed by atoms with Crippen LogP contribution in [0.25, 0.3) is 10.9 Å². The van der Waals surface area contributed by atoms with Crippen molar-refractivity contribution in [3.8, 4) is 0 Å². The van der Waals surface area contributed by atoms with Crippen molar-refractivity contribution in [2.75, 3.05) is 26.2 Å². The van der Waals surface area contributed by atoms with Crippen LogP contribution in [0, 0.1) is 5.82 Å². The fraction of sp³-hybridized carbons (Fsp3) is 0.273. The summed E-state index contributed by atoms with van der Waals surface area (Å²) in [6.45, 7) is 2.05. The van der Waals surface area contributed by atoms with E-state index in [-0.39, 0.29) is 24.3 Å². The molecule has 0 atom stereocenters. The number of hydrogen-bond donors (Lipinski definition) is 2. The average molecular weight is 394 g/mol. The molecule has 2 heterocycles. The van der Waals surface area contributed by atoms with Crippen LogP contribution < -0.4 is 5.32 Å². The monoisotopic (exact) mass is 394 g/mol. The third kappa shape index (κ3) is 4.23. The Balaban J connectivity index is 1.28. The predicted molar refractivity (Wildman–Crippen MR) is 109 cm³/mol. The van der Waals surface area contributed by atoms with Gasteiger partial charge in [0.1, 0.15) is 5.82 Å². The maximum absolute atomic E-state index is 13.7. The SMILES string of the molecule is O=C(Cc1c[nH]c2ccccc12)N1CCN(C(=O)NCc2ccccc2F)CC1. The number of carbonyl (C=O) groups is 2. The summed E-state index contributed by atoms with van der Waals surface area (Å²) in [5, 5.41) is 3.81. The van der Waals surface area contributed by atoms with E-state index >= 15 is 0 Å². The Hall–Kier alpha value is -3.35. The van der Waals surface area contributed by atoms with E-state index < -0.39 is 0 Å². The Morgan fingerprint density at radius 1 is 0.931 bits per heavy atom. The molecule has 1 saturated heterocycles. The van der Waals surface area contributed by atoms with E-state index in [9.17, 15) is 14.0 Å². The number of amides is 3. The molecule has 1 aliphatic rings. The van der Waals surface area contributed by atoms with E-state index in [1.807, 2.05) is 30.5 Å². The van der Waals surface area contributed by atoms with Crippen molar-refractivity contribution in [2.45, 2.75) is 13.0 Å². The fourth-order valence-electron chi connectivity index (χ4n) is 3.64. The average Bonchev–Trinajstić information content (AvgIpc) is 3.16. The molecule has 1 fully saturated rings. The lowest BCUT2D eigenvalue weighted by Crippen LogP contribution is -2.53. The topological polar surface area (TPSA) is 68.4 Å². The minimum absolute atomic E-state index is 0.0566. The molecule has 4 rings (SSSR count). The third-order valence-corrected chi connectivity index (χ3v) is 5.32. The van der Waals surface area contributed by atoms with Gasteiger partial charge in [0.2, 0.25) is 5.91 Å². The van der Waals surface area contributed by atoms with Crippen LogP contribution in [0.4, 0.5) is 9.18 Å². The predicted octanol–water partition coefficient (Wildman–Crippen LogP) is 2.90. The number of para-hydroxylation sites is 1. The molecule has 0 unspecified atom stereocenters. The van der Waals surface area contributed by atoms with Gasteiger partial charge in [0.15, 0.2) is 0 Å². The lowest BCUT2D eigenvalue weighted by Gasteiger charge is -2.34. The number of aromatic nitrogens is 1. The minimum atomic E-state index is -0.333. The summed E-state index contributed by atoms with van der Waals surface area (Å²) in [5.74, 6) is -0.276. The lowest BCUT2D eigenvalue weighted by atomic mass is 10.1. The van der Waals surface area contributed by atoms with Crippen molar-refractivity contribution in [2.24, 2.45) is 0 Å². The molecule has 150 valence electrons. The van der Waals surface area contributed by atoms with Crippen LogP contribution in [0.2, 0.25) is 0 Å². The van der Waals surface area contributed by atoms with Crippen LogP contribution in [-0.4, -0.2) is 52.9 Å². The maximum atomic E-state index is 13.7. The second-order valence-electron chi connectivity index (χ2n) is 7.15. The van der Waals surface area contributed by atoms with E-state index in [0.29, 0.717) is 38.2 Å². The Bertz CT molecular complexity index is 1020. The van der Waals surface area contributed by atoms with Gasteiger partial charge in [0, 0.05) is 55.4 Å². The molecule has 7 heteroatoms. The first kappa shape index (κ1) is 19.0.